The summed E-state index contributed by atoms with van der Waals surface area (Å²) in [5.74, 6) is -0.0158. The first-order chi connectivity index (χ1) is 12.3. The molecule has 130 valence electrons. The van der Waals surface area contributed by atoms with Gasteiger partial charge in [0, 0.05) is 11.1 Å². The number of anilines is 1. The maximum atomic E-state index is 13.0. The zero-order valence-electron chi connectivity index (χ0n) is 13.8. The van der Waals surface area contributed by atoms with Crippen LogP contribution in [0.2, 0.25) is 0 Å². The summed E-state index contributed by atoms with van der Waals surface area (Å²) in [6, 6.07) is 15.8. The Morgan fingerprint density at radius 1 is 1.00 bits per heavy atom. The van der Waals surface area contributed by atoms with Gasteiger partial charge in [-0.3, -0.25) is 0 Å². The molecule has 0 amide bonds. The molecule has 3 aromatic rings. The largest absolute Gasteiger partial charge is 0.416 e. The number of benzene rings is 2. The summed E-state index contributed by atoms with van der Waals surface area (Å²) in [6.45, 7) is 1.94. The van der Waals surface area contributed by atoms with Gasteiger partial charge in [-0.25, -0.2) is 4.98 Å². The molecule has 0 saturated carbocycles. The van der Waals surface area contributed by atoms with Crippen LogP contribution >= 0.6 is 0 Å². The molecule has 2 N–H and O–H groups in total. The Hall–Kier alpha value is -3.33. The summed E-state index contributed by atoms with van der Waals surface area (Å²) < 4.78 is 39.1. The van der Waals surface area contributed by atoms with E-state index in [-0.39, 0.29) is 16.9 Å². The Balaban J connectivity index is 2.21. The van der Waals surface area contributed by atoms with Crippen LogP contribution in [0.1, 0.15) is 16.7 Å². The molecule has 6 heteroatoms. The molecule has 0 bridgehead atoms. The van der Waals surface area contributed by atoms with Gasteiger partial charge in [0.2, 0.25) is 0 Å². The van der Waals surface area contributed by atoms with Crippen molar-refractivity contribution in [1.82, 2.24) is 4.98 Å². The van der Waals surface area contributed by atoms with E-state index in [9.17, 15) is 18.4 Å². The summed E-state index contributed by atoms with van der Waals surface area (Å²) >= 11 is 0. The van der Waals surface area contributed by atoms with Crippen LogP contribution in [0.5, 0.6) is 0 Å². The Bertz CT molecular complexity index is 1000. The zero-order valence-corrected chi connectivity index (χ0v) is 13.8. The number of hydrogen-bond acceptors (Lipinski definition) is 3. The number of alkyl halides is 3. The van der Waals surface area contributed by atoms with E-state index < -0.39 is 11.7 Å². The highest BCUT2D eigenvalue weighted by molar-refractivity contribution is 5.80. The Kier molecular flexibility index (Phi) is 4.39. The van der Waals surface area contributed by atoms with Crippen molar-refractivity contribution in [3.63, 3.8) is 0 Å². The van der Waals surface area contributed by atoms with Gasteiger partial charge in [-0.2, -0.15) is 18.4 Å². The van der Waals surface area contributed by atoms with E-state index in [1.165, 1.54) is 12.1 Å². The quantitative estimate of drug-likeness (QED) is 0.689. The Morgan fingerprint density at radius 3 is 2.31 bits per heavy atom. The van der Waals surface area contributed by atoms with Crippen molar-refractivity contribution < 1.29 is 13.2 Å². The number of aryl methyl sites for hydroxylation is 1. The molecule has 3 rings (SSSR count). The summed E-state index contributed by atoms with van der Waals surface area (Å²) in [4.78, 5) is 4.23. The van der Waals surface area contributed by atoms with Crippen molar-refractivity contribution >= 4 is 5.82 Å². The molecule has 1 heterocycles. The van der Waals surface area contributed by atoms with Crippen LogP contribution < -0.4 is 5.73 Å². The molecule has 0 radical (unpaired) electrons. The highest BCUT2D eigenvalue weighted by Crippen LogP contribution is 2.35. The van der Waals surface area contributed by atoms with Crippen molar-refractivity contribution in [1.29, 1.82) is 5.26 Å². The fourth-order valence-electron chi connectivity index (χ4n) is 2.65. The standard InChI is InChI=1S/C20H14F3N3/c1-12-5-7-13(8-6-12)18-10-16(17(11-24)19(25)26-18)14-3-2-4-15(9-14)20(21,22)23/h2-10H,1H3,(H2,25,26). The van der Waals surface area contributed by atoms with Crippen LogP contribution in [0, 0.1) is 18.3 Å². The normalized spacial score (nSPS) is 11.2. The van der Waals surface area contributed by atoms with E-state index in [1.54, 1.807) is 6.07 Å². The first-order valence-corrected chi connectivity index (χ1v) is 7.75. The van der Waals surface area contributed by atoms with Gasteiger partial charge < -0.3 is 5.73 Å². The number of aromatic nitrogens is 1. The van der Waals surface area contributed by atoms with E-state index in [4.69, 9.17) is 5.73 Å². The summed E-state index contributed by atoms with van der Waals surface area (Å²) in [6.07, 6.45) is -4.47. The molecular weight excluding hydrogens is 339 g/mol. The van der Waals surface area contributed by atoms with Crippen LogP contribution in [0.4, 0.5) is 19.0 Å². The minimum absolute atomic E-state index is 0.0158. The number of nitrogens with zero attached hydrogens (tertiary/aromatic N) is 2. The smallest absolute Gasteiger partial charge is 0.383 e. The van der Waals surface area contributed by atoms with Crippen LogP contribution in [0.25, 0.3) is 22.4 Å². The summed E-state index contributed by atoms with van der Waals surface area (Å²) in [5.41, 5.74) is 8.08. The monoisotopic (exact) mass is 353 g/mol. The predicted molar refractivity (Wildman–Crippen MR) is 94.0 cm³/mol. The van der Waals surface area contributed by atoms with Gasteiger partial charge in [-0.05, 0) is 30.7 Å². The molecule has 3 nitrogen and oxygen atoms in total. The lowest BCUT2D eigenvalue weighted by atomic mass is 9.97. The van der Waals surface area contributed by atoms with Crippen LogP contribution in [-0.4, -0.2) is 4.98 Å². The van der Waals surface area contributed by atoms with E-state index in [0.29, 0.717) is 11.3 Å². The number of nitrogen functional groups attached to an aromatic ring is 1. The van der Waals surface area contributed by atoms with Crippen molar-refractivity contribution in [3.8, 4) is 28.5 Å². The van der Waals surface area contributed by atoms with E-state index >= 15 is 0 Å². The van der Waals surface area contributed by atoms with Crippen LogP contribution in [-0.2, 0) is 6.18 Å². The fourth-order valence-corrected chi connectivity index (χ4v) is 2.65. The van der Waals surface area contributed by atoms with Gasteiger partial charge >= 0.3 is 6.18 Å². The van der Waals surface area contributed by atoms with Gasteiger partial charge in [0.15, 0.2) is 0 Å². The second-order valence-corrected chi connectivity index (χ2v) is 5.87. The molecule has 0 aliphatic rings. The van der Waals surface area contributed by atoms with Crippen molar-refractivity contribution in [2.75, 3.05) is 5.73 Å². The molecule has 26 heavy (non-hydrogen) atoms. The molecule has 0 spiro atoms. The van der Waals surface area contributed by atoms with Crippen molar-refractivity contribution in [3.05, 3.63) is 71.3 Å². The van der Waals surface area contributed by atoms with E-state index in [0.717, 1.165) is 23.3 Å². The van der Waals surface area contributed by atoms with Crippen LogP contribution in [0.3, 0.4) is 0 Å². The molecule has 0 atom stereocenters. The first kappa shape index (κ1) is 17.5. The number of hydrogen-bond donors (Lipinski definition) is 1. The third-order valence-corrected chi connectivity index (χ3v) is 4.01. The number of nitriles is 1. The van der Waals surface area contributed by atoms with Crippen LogP contribution in [0.15, 0.2) is 54.6 Å². The Morgan fingerprint density at radius 2 is 1.69 bits per heavy atom. The first-order valence-electron chi connectivity index (χ1n) is 7.75. The molecular formula is C20H14F3N3. The SMILES string of the molecule is Cc1ccc(-c2cc(-c3cccc(C(F)(F)F)c3)c(C#N)c(N)n2)cc1. The molecule has 1 aromatic heterocycles. The molecule has 2 aromatic carbocycles. The highest BCUT2D eigenvalue weighted by Gasteiger charge is 2.30. The van der Waals surface area contributed by atoms with E-state index in [1.807, 2.05) is 37.3 Å². The second kappa shape index (κ2) is 6.52. The molecule has 0 aliphatic carbocycles. The lowest BCUT2D eigenvalue weighted by molar-refractivity contribution is -0.137. The minimum atomic E-state index is -4.47. The number of halogens is 3. The molecule has 0 aliphatic heterocycles. The van der Waals surface area contributed by atoms with Crippen molar-refractivity contribution in [2.24, 2.45) is 0 Å². The lowest BCUT2D eigenvalue weighted by Gasteiger charge is -2.12. The highest BCUT2D eigenvalue weighted by atomic mass is 19.4. The second-order valence-electron chi connectivity index (χ2n) is 5.87. The zero-order chi connectivity index (χ0) is 18.9. The van der Waals surface area contributed by atoms with Crippen molar-refractivity contribution in [2.45, 2.75) is 13.1 Å². The Labute approximate surface area is 148 Å². The minimum Gasteiger partial charge on any atom is -0.383 e. The maximum Gasteiger partial charge on any atom is 0.416 e. The molecule has 0 unspecified atom stereocenters. The topological polar surface area (TPSA) is 62.7 Å². The van der Waals surface area contributed by atoms with Gasteiger partial charge in [0.1, 0.15) is 17.5 Å². The number of rotatable bonds is 2. The number of nitrogens with two attached hydrogens (primary N) is 1. The van der Waals surface area contributed by atoms with Gasteiger partial charge in [0.05, 0.1) is 11.3 Å². The lowest BCUT2D eigenvalue weighted by Crippen LogP contribution is -2.05. The number of pyridine rings is 1. The van der Waals surface area contributed by atoms with Gasteiger partial charge in [-0.15, -0.1) is 0 Å². The summed E-state index contributed by atoms with van der Waals surface area (Å²) in [5, 5.41) is 9.40. The summed E-state index contributed by atoms with van der Waals surface area (Å²) in [7, 11) is 0. The van der Waals surface area contributed by atoms with Gasteiger partial charge in [-0.1, -0.05) is 42.0 Å². The third kappa shape index (κ3) is 3.38. The molecule has 0 saturated heterocycles. The van der Waals surface area contributed by atoms with Gasteiger partial charge in [0.25, 0.3) is 0 Å². The molecule has 0 fully saturated rings. The third-order valence-electron chi connectivity index (χ3n) is 4.01. The average Bonchev–Trinajstić information content (AvgIpc) is 2.61. The predicted octanol–water partition coefficient (Wildman–Crippen LogP) is 5.20. The van der Waals surface area contributed by atoms with E-state index in [2.05, 4.69) is 4.98 Å². The fraction of sp³-hybridized carbons (Fsp3) is 0.100. The maximum absolute atomic E-state index is 13.0. The average molecular weight is 353 g/mol.